The van der Waals surface area contributed by atoms with E-state index in [1.165, 1.54) is 6.08 Å². The first-order valence-corrected chi connectivity index (χ1v) is 7.72. The van der Waals surface area contributed by atoms with Crippen LogP contribution in [0.4, 0.5) is 5.69 Å². The van der Waals surface area contributed by atoms with E-state index in [2.05, 4.69) is 5.32 Å². The molecule has 0 fully saturated rings. The molecule has 0 unspecified atom stereocenters. The van der Waals surface area contributed by atoms with Gasteiger partial charge in [0.1, 0.15) is 0 Å². The van der Waals surface area contributed by atoms with Crippen molar-refractivity contribution >= 4 is 23.6 Å². The van der Waals surface area contributed by atoms with Crippen LogP contribution in [0, 0.1) is 20.8 Å². The summed E-state index contributed by atoms with van der Waals surface area (Å²) in [4.78, 5) is 23.6. The molecule has 0 aliphatic carbocycles. The van der Waals surface area contributed by atoms with Crippen LogP contribution in [0.1, 0.15) is 22.3 Å². The lowest BCUT2D eigenvalue weighted by molar-refractivity contribution is -0.142. The van der Waals surface area contributed by atoms with Gasteiger partial charge in [-0.05, 0) is 49.6 Å². The molecule has 0 saturated carbocycles. The summed E-state index contributed by atoms with van der Waals surface area (Å²) in [7, 11) is 0. The Bertz CT molecular complexity index is 761. The van der Waals surface area contributed by atoms with Gasteiger partial charge < -0.3 is 10.1 Å². The lowest BCUT2D eigenvalue weighted by Gasteiger charge is -2.09. The molecule has 0 atom stereocenters. The molecule has 0 bridgehead atoms. The molecule has 4 nitrogen and oxygen atoms in total. The van der Waals surface area contributed by atoms with Crippen molar-refractivity contribution in [1.82, 2.24) is 0 Å². The van der Waals surface area contributed by atoms with Crippen molar-refractivity contribution in [3.05, 3.63) is 70.8 Å². The van der Waals surface area contributed by atoms with Crippen molar-refractivity contribution in [3.63, 3.8) is 0 Å². The van der Waals surface area contributed by atoms with Gasteiger partial charge in [0.25, 0.3) is 5.91 Å². The van der Waals surface area contributed by atoms with Gasteiger partial charge in [-0.25, -0.2) is 4.79 Å². The molecule has 0 heterocycles. The number of ether oxygens (including phenoxy) is 1. The number of amides is 1. The third-order valence-corrected chi connectivity index (χ3v) is 3.50. The molecule has 0 saturated heterocycles. The summed E-state index contributed by atoms with van der Waals surface area (Å²) in [5.41, 5.74) is 4.79. The highest BCUT2D eigenvalue weighted by Gasteiger charge is 2.07. The van der Waals surface area contributed by atoms with Crippen molar-refractivity contribution in [1.29, 1.82) is 0 Å². The highest BCUT2D eigenvalue weighted by Crippen LogP contribution is 2.16. The van der Waals surface area contributed by atoms with E-state index in [4.69, 9.17) is 4.74 Å². The van der Waals surface area contributed by atoms with E-state index in [0.29, 0.717) is 0 Å². The second kappa shape index (κ2) is 8.11. The molecule has 24 heavy (non-hydrogen) atoms. The fraction of sp³-hybridized carbons (Fsp3) is 0.200. The smallest absolute Gasteiger partial charge is 0.331 e. The maximum atomic E-state index is 11.9. The molecule has 0 aromatic heterocycles. The number of carbonyl (C=O) groups excluding carboxylic acids is 2. The zero-order valence-electron chi connectivity index (χ0n) is 14.1. The van der Waals surface area contributed by atoms with E-state index in [1.807, 2.05) is 63.2 Å². The lowest BCUT2D eigenvalue weighted by atomic mass is 10.1. The molecule has 2 aromatic rings. The van der Waals surface area contributed by atoms with E-state index in [0.717, 1.165) is 27.9 Å². The number of aryl methyl sites for hydroxylation is 3. The van der Waals surface area contributed by atoms with Gasteiger partial charge in [-0.15, -0.1) is 0 Å². The Hall–Kier alpha value is -2.88. The molecule has 0 aliphatic heterocycles. The first kappa shape index (κ1) is 17.5. The fourth-order valence-electron chi connectivity index (χ4n) is 2.08. The van der Waals surface area contributed by atoms with Crippen LogP contribution in [-0.4, -0.2) is 18.5 Å². The zero-order valence-corrected chi connectivity index (χ0v) is 14.1. The van der Waals surface area contributed by atoms with Gasteiger partial charge in [-0.1, -0.05) is 42.0 Å². The number of benzene rings is 2. The number of anilines is 1. The Balaban J connectivity index is 1.83. The monoisotopic (exact) mass is 323 g/mol. The maximum Gasteiger partial charge on any atom is 0.331 e. The average Bonchev–Trinajstić information content (AvgIpc) is 2.56. The average molecular weight is 323 g/mol. The van der Waals surface area contributed by atoms with Crippen molar-refractivity contribution < 1.29 is 14.3 Å². The second-order valence-electron chi connectivity index (χ2n) is 5.72. The second-order valence-corrected chi connectivity index (χ2v) is 5.72. The van der Waals surface area contributed by atoms with Gasteiger partial charge in [-0.2, -0.15) is 0 Å². The van der Waals surface area contributed by atoms with Gasteiger partial charge >= 0.3 is 5.97 Å². The van der Waals surface area contributed by atoms with Gasteiger partial charge in [0.15, 0.2) is 6.61 Å². The normalized spacial score (nSPS) is 10.6. The summed E-state index contributed by atoms with van der Waals surface area (Å²) in [6.45, 7) is 5.54. The highest BCUT2D eigenvalue weighted by atomic mass is 16.5. The van der Waals surface area contributed by atoms with E-state index >= 15 is 0 Å². The third-order valence-electron chi connectivity index (χ3n) is 3.50. The lowest BCUT2D eigenvalue weighted by Crippen LogP contribution is -2.20. The van der Waals surface area contributed by atoms with E-state index in [9.17, 15) is 9.59 Å². The number of carbonyl (C=O) groups is 2. The Morgan fingerprint density at radius 1 is 1.00 bits per heavy atom. The molecule has 1 amide bonds. The van der Waals surface area contributed by atoms with Crippen LogP contribution in [0.25, 0.3) is 6.08 Å². The quantitative estimate of drug-likeness (QED) is 0.672. The number of hydrogen-bond donors (Lipinski definition) is 1. The number of rotatable bonds is 5. The van der Waals surface area contributed by atoms with Gasteiger partial charge in [0, 0.05) is 11.8 Å². The number of esters is 1. The predicted octanol–water partition coefficient (Wildman–Crippen LogP) is 3.81. The van der Waals surface area contributed by atoms with Gasteiger partial charge in [0.05, 0.1) is 0 Å². The van der Waals surface area contributed by atoms with Crippen molar-refractivity contribution in [2.24, 2.45) is 0 Å². The summed E-state index contributed by atoms with van der Waals surface area (Å²) in [6.07, 6.45) is 2.97. The van der Waals surface area contributed by atoms with Crippen LogP contribution < -0.4 is 5.32 Å². The minimum absolute atomic E-state index is 0.315. The van der Waals surface area contributed by atoms with Crippen LogP contribution in [-0.2, 0) is 14.3 Å². The van der Waals surface area contributed by atoms with E-state index in [1.54, 1.807) is 6.08 Å². The zero-order chi connectivity index (χ0) is 17.5. The van der Waals surface area contributed by atoms with Gasteiger partial charge in [-0.3, -0.25) is 4.79 Å². The van der Waals surface area contributed by atoms with E-state index < -0.39 is 5.97 Å². The number of nitrogens with one attached hydrogen (secondary N) is 1. The largest absolute Gasteiger partial charge is 0.452 e. The summed E-state index contributed by atoms with van der Waals surface area (Å²) >= 11 is 0. The standard InChI is InChI=1S/C20H21NO3/c1-14-5-8-17(9-6-14)10-11-20(23)24-13-19(22)21-18-12-15(2)4-7-16(18)3/h4-12H,13H2,1-3H3,(H,21,22). The summed E-state index contributed by atoms with van der Waals surface area (Å²) in [5.74, 6) is -0.910. The van der Waals surface area contributed by atoms with Crippen molar-refractivity contribution in [3.8, 4) is 0 Å². The number of hydrogen-bond acceptors (Lipinski definition) is 3. The Morgan fingerprint density at radius 3 is 2.38 bits per heavy atom. The Morgan fingerprint density at radius 2 is 1.67 bits per heavy atom. The molecule has 0 radical (unpaired) electrons. The molecule has 2 rings (SSSR count). The molecular formula is C20H21NO3. The van der Waals surface area contributed by atoms with Crippen LogP contribution in [0.2, 0.25) is 0 Å². The summed E-state index contributed by atoms with van der Waals surface area (Å²) in [5, 5.41) is 2.75. The highest BCUT2D eigenvalue weighted by molar-refractivity contribution is 5.95. The third kappa shape index (κ3) is 5.39. The molecule has 4 heteroatoms. The van der Waals surface area contributed by atoms with Crippen LogP contribution in [0.15, 0.2) is 48.5 Å². The SMILES string of the molecule is Cc1ccc(C=CC(=O)OCC(=O)Nc2cc(C)ccc2C)cc1. The summed E-state index contributed by atoms with van der Waals surface area (Å²) < 4.78 is 4.95. The minimum atomic E-state index is -0.549. The fourth-order valence-corrected chi connectivity index (χ4v) is 2.08. The molecule has 0 spiro atoms. The maximum absolute atomic E-state index is 11.9. The first-order chi connectivity index (χ1) is 11.4. The van der Waals surface area contributed by atoms with Crippen LogP contribution in [0.3, 0.4) is 0 Å². The molecule has 1 N–H and O–H groups in total. The predicted molar refractivity (Wildman–Crippen MR) is 95.7 cm³/mol. The molecule has 124 valence electrons. The van der Waals surface area contributed by atoms with Gasteiger partial charge in [0.2, 0.25) is 0 Å². The van der Waals surface area contributed by atoms with Crippen LogP contribution in [0.5, 0.6) is 0 Å². The Kier molecular flexibility index (Phi) is 5.90. The van der Waals surface area contributed by atoms with Crippen LogP contribution >= 0.6 is 0 Å². The topological polar surface area (TPSA) is 55.4 Å². The molecule has 0 aliphatic rings. The van der Waals surface area contributed by atoms with E-state index in [-0.39, 0.29) is 12.5 Å². The van der Waals surface area contributed by atoms with Crippen molar-refractivity contribution in [2.75, 3.05) is 11.9 Å². The van der Waals surface area contributed by atoms with Crippen molar-refractivity contribution in [2.45, 2.75) is 20.8 Å². The summed E-state index contributed by atoms with van der Waals surface area (Å²) in [6, 6.07) is 13.5. The minimum Gasteiger partial charge on any atom is -0.452 e. The first-order valence-electron chi connectivity index (χ1n) is 7.72. The Labute approximate surface area is 142 Å². The molecular weight excluding hydrogens is 302 g/mol. The molecule has 2 aromatic carbocycles.